The number of hydrogen-bond acceptors (Lipinski definition) is 5. The summed E-state index contributed by atoms with van der Waals surface area (Å²) in [6, 6.07) is 26.2. The summed E-state index contributed by atoms with van der Waals surface area (Å²) >= 11 is 3.35. The molecule has 4 nitrogen and oxygen atoms in total. The molecule has 0 amide bonds. The third kappa shape index (κ3) is 4.74. The van der Waals surface area contributed by atoms with Crippen molar-refractivity contribution >= 4 is 39.8 Å². The summed E-state index contributed by atoms with van der Waals surface area (Å²) in [4.78, 5) is 22.8. The highest BCUT2D eigenvalue weighted by molar-refractivity contribution is 7.98. The largest absolute Gasteiger partial charge is 0.478 e. The Morgan fingerprint density at radius 3 is 2.24 bits per heavy atom. The third-order valence-electron chi connectivity index (χ3n) is 5.56. The van der Waals surface area contributed by atoms with Crippen LogP contribution in [0.5, 0.6) is 0 Å². The summed E-state index contributed by atoms with van der Waals surface area (Å²) < 4.78 is 0. The fraction of sp³-hybridized carbons (Fsp3) is 0.107. The van der Waals surface area contributed by atoms with Crippen LogP contribution in [-0.2, 0) is 5.75 Å². The predicted octanol–water partition coefficient (Wildman–Crippen LogP) is 7.63. The molecular weight excluding hydrogens is 460 g/mol. The quantitative estimate of drug-likeness (QED) is 0.199. The molecule has 34 heavy (non-hydrogen) atoms. The third-order valence-corrected chi connectivity index (χ3v) is 7.73. The highest BCUT2D eigenvalue weighted by atomic mass is 32.2. The van der Waals surface area contributed by atoms with Gasteiger partial charge >= 0.3 is 5.97 Å². The molecule has 0 saturated heterocycles. The van der Waals surface area contributed by atoms with Gasteiger partial charge in [-0.2, -0.15) is 0 Å². The minimum absolute atomic E-state index is 0.287. The van der Waals surface area contributed by atoms with Crippen LogP contribution in [0.15, 0.2) is 84.0 Å². The number of fused-ring (bicyclic) bond motifs is 1. The zero-order valence-electron chi connectivity index (χ0n) is 18.8. The van der Waals surface area contributed by atoms with Crippen LogP contribution in [0.4, 0.5) is 0 Å². The van der Waals surface area contributed by atoms with Crippen molar-refractivity contribution in [3.05, 3.63) is 101 Å². The fourth-order valence-corrected chi connectivity index (χ4v) is 6.13. The van der Waals surface area contributed by atoms with Gasteiger partial charge in [-0.25, -0.2) is 14.8 Å². The molecule has 3 aromatic carbocycles. The van der Waals surface area contributed by atoms with Gasteiger partial charge < -0.3 is 5.11 Å². The Labute approximate surface area is 206 Å². The number of aromatic nitrogens is 2. The van der Waals surface area contributed by atoms with Crippen molar-refractivity contribution in [2.24, 2.45) is 0 Å². The first-order valence-corrected chi connectivity index (χ1v) is 12.7. The highest BCUT2D eigenvalue weighted by Gasteiger charge is 2.15. The number of thiophene rings is 1. The van der Waals surface area contributed by atoms with E-state index >= 15 is 0 Å². The van der Waals surface area contributed by atoms with Crippen LogP contribution in [-0.4, -0.2) is 21.0 Å². The smallest absolute Gasteiger partial charge is 0.335 e. The lowest BCUT2D eigenvalue weighted by atomic mass is 10.0. The average molecular weight is 483 g/mol. The molecule has 1 N–H and O–H groups in total. The van der Waals surface area contributed by atoms with E-state index in [1.807, 2.05) is 32.0 Å². The number of hydrogen-bond donors (Lipinski definition) is 1. The molecule has 5 aromatic rings. The normalized spacial score (nSPS) is 11.1. The summed E-state index contributed by atoms with van der Waals surface area (Å²) in [6.45, 7) is 3.97. The maximum absolute atomic E-state index is 11.3. The van der Waals surface area contributed by atoms with Gasteiger partial charge in [0.2, 0.25) is 0 Å². The van der Waals surface area contributed by atoms with Crippen LogP contribution in [0.3, 0.4) is 0 Å². The minimum Gasteiger partial charge on any atom is -0.478 e. The molecule has 0 aliphatic carbocycles. The average Bonchev–Trinajstić information content (AvgIpc) is 3.26. The molecule has 0 spiro atoms. The van der Waals surface area contributed by atoms with Crippen molar-refractivity contribution in [3.8, 4) is 20.9 Å². The molecule has 168 valence electrons. The van der Waals surface area contributed by atoms with E-state index in [1.54, 1.807) is 35.2 Å². The van der Waals surface area contributed by atoms with Crippen LogP contribution >= 0.6 is 23.1 Å². The minimum atomic E-state index is -0.919. The lowest BCUT2D eigenvalue weighted by Gasteiger charge is -2.05. The highest BCUT2D eigenvalue weighted by Crippen LogP contribution is 2.41. The molecule has 0 unspecified atom stereocenters. The van der Waals surface area contributed by atoms with E-state index < -0.39 is 5.97 Å². The molecule has 0 radical (unpaired) electrons. The van der Waals surface area contributed by atoms with Crippen LogP contribution in [0, 0.1) is 13.8 Å². The standard InChI is InChI=1S/C28H22N2O2S2/c1-17-13-18(2)30-28(29-17)33-16-24-15-25(23-12-7-19-5-3-4-6-22(19)14-23)34-26(24)20-8-10-21(11-9-20)27(31)32/h3-15H,16H2,1-2H3,(H,31,32). The number of benzene rings is 3. The SMILES string of the molecule is Cc1cc(C)nc(SCc2cc(-c3ccc4ccccc4c3)sc2-c2ccc(C(=O)O)cc2)n1. The molecule has 0 atom stereocenters. The van der Waals surface area contributed by atoms with Gasteiger partial charge in [-0.3, -0.25) is 0 Å². The van der Waals surface area contributed by atoms with Gasteiger partial charge in [0, 0.05) is 26.9 Å². The topological polar surface area (TPSA) is 63.1 Å². The zero-order valence-corrected chi connectivity index (χ0v) is 20.4. The molecule has 6 heteroatoms. The monoisotopic (exact) mass is 482 g/mol. The van der Waals surface area contributed by atoms with Crippen LogP contribution < -0.4 is 0 Å². The van der Waals surface area contributed by atoms with Gasteiger partial charge in [0.05, 0.1) is 5.56 Å². The number of nitrogens with zero attached hydrogens (tertiary/aromatic N) is 2. The zero-order chi connectivity index (χ0) is 23.7. The van der Waals surface area contributed by atoms with Gasteiger partial charge in [0.15, 0.2) is 5.16 Å². The number of thioether (sulfide) groups is 1. The molecule has 2 heterocycles. The second-order valence-corrected chi connectivity index (χ2v) is 10.1. The predicted molar refractivity (Wildman–Crippen MR) is 141 cm³/mol. The molecule has 0 fully saturated rings. The van der Waals surface area contributed by atoms with Crippen LogP contribution in [0.25, 0.3) is 31.7 Å². The summed E-state index contributed by atoms with van der Waals surface area (Å²) in [6.07, 6.45) is 0. The number of aromatic carboxylic acids is 1. The van der Waals surface area contributed by atoms with E-state index in [0.717, 1.165) is 32.7 Å². The number of carboxylic acids is 1. The van der Waals surface area contributed by atoms with Crippen molar-refractivity contribution in [2.75, 3.05) is 0 Å². The maximum Gasteiger partial charge on any atom is 0.335 e. The Morgan fingerprint density at radius 2 is 1.53 bits per heavy atom. The Kier molecular flexibility index (Phi) is 6.18. The van der Waals surface area contributed by atoms with Gasteiger partial charge in [-0.1, -0.05) is 60.3 Å². The van der Waals surface area contributed by atoms with E-state index in [2.05, 4.69) is 58.5 Å². The second-order valence-electron chi connectivity index (χ2n) is 8.13. The van der Waals surface area contributed by atoms with Crippen molar-refractivity contribution < 1.29 is 9.90 Å². The molecule has 2 aromatic heterocycles. The lowest BCUT2D eigenvalue weighted by Crippen LogP contribution is -1.95. The first kappa shape index (κ1) is 22.3. The van der Waals surface area contributed by atoms with E-state index in [9.17, 15) is 9.90 Å². The second kappa shape index (κ2) is 9.41. The first-order chi connectivity index (χ1) is 16.5. The van der Waals surface area contributed by atoms with Gasteiger partial charge in [0.25, 0.3) is 0 Å². The van der Waals surface area contributed by atoms with E-state index in [4.69, 9.17) is 0 Å². The number of carboxylic acid groups (broad SMARTS) is 1. The molecule has 0 aliphatic rings. The lowest BCUT2D eigenvalue weighted by molar-refractivity contribution is 0.0697. The van der Waals surface area contributed by atoms with Crippen LogP contribution in [0.1, 0.15) is 27.3 Å². The molecule has 5 rings (SSSR count). The molecular formula is C28H22N2O2S2. The van der Waals surface area contributed by atoms with Crippen molar-refractivity contribution in [3.63, 3.8) is 0 Å². The Hall–Kier alpha value is -3.48. The number of rotatable bonds is 6. The maximum atomic E-state index is 11.3. The summed E-state index contributed by atoms with van der Waals surface area (Å²) in [7, 11) is 0. The number of aryl methyl sites for hydroxylation is 2. The van der Waals surface area contributed by atoms with Gasteiger partial charge in [0.1, 0.15) is 0 Å². The van der Waals surface area contributed by atoms with Crippen LogP contribution in [0.2, 0.25) is 0 Å². The molecule has 0 bridgehead atoms. The Balaban J connectivity index is 1.54. The summed E-state index contributed by atoms with van der Waals surface area (Å²) in [5.74, 6) is -0.194. The Morgan fingerprint density at radius 1 is 0.853 bits per heavy atom. The van der Waals surface area contributed by atoms with E-state index in [-0.39, 0.29) is 5.56 Å². The first-order valence-electron chi connectivity index (χ1n) is 10.9. The molecule has 0 saturated carbocycles. The van der Waals surface area contributed by atoms with Gasteiger partial charge in [-0.05, 0) is 71.6 Å². The molecule has 0 aliphatic heterocycles. The Bertz CT molecular complexity index is 1490. The van der Waals surface area contributed by atoms with Crippen molar-refractivity contribution in [1.82, 2.24) is 9.97 Å². The van der Waals surface area contributed by atoms with Crippen molar-refractivity contribution in [2.45, 2.75) is 24.8 Å². The van der Waals surface area contributed by atoms with Gasteiger partial charge in [-0.15, -0.1) is 11.3 Å². The summed E-state index contributed by atoms with van der Waals surface area (Å²) in [5, 5.41) is 12.5. The van der Waals surface area contributed by atoms with E-state index in [1.165, 1.54) is 26.8 Å². The van der Waals surface area contributed by atoms with E-state index in [0.29, 0.717) is 0 Å². The summed E-state index contributed by atoms with van der Waals surface area (Å²) in [5.41, 5.74) is 5.58. The fourth-order valence-electron chi connectivity index (χ4n) is 3.93. The number of carbonyl (C=O) groups is 1. The van der Waals surface area contributed by atoms with Crippen molar-refractivity contribution in [1.29, 1.82) is 0 Å².